The summed E-state index contributed by atoms with van der Waals surface area (Å²) in [4.78, 5) is 6.02. The van der Waals surface area contributed by atoms with Crippen molar-refractivity contribution in [3.8, 4) is 0 Å². The van der Waals surface area contributed by atoms with Crippen molar-refractivity contribution in [2.45, 2.75) is 39.7 Å². The highest BCUT2D eigenvalue weighted by molar-refractivity contribution is 14.1. The molecule has 0 radical (unpaired) electrons. The molecule has 2 nitrogen and oxygen atoms in total. The number of benzene rings is 1. The Morgan fingerprint density at radius 2 is 2.05 bits per heavy atom. The van der Waals surface area contributed by atoms with E-state index in [1.165, 1.54) is 24.7 Å². The summed E-state index contributed by atoms with van der Waals surface area (Å²) in [5.74, 6) is 0. The molecule has 4 heteroatoms. The molecule has 20 heavy (non-hydrogen) atoms. The lowest BCUT2D eigenvalue weighted by Crippen LogP contribution is -2.24. The molecule has 0 saturated heterocycles. The van der Waals surface area contributed by atoms with E-state index in [2.05, 4.69) is 77.9 Å². The summed E-state index contributed by atoms with van der Waals surface area (Å²) < 4.78 is 1.32. The summed E-state index contributed by atoms with van der Waals surface area (Å²) in [5, 5.41) is 4.90. The van der Waals surface area contributed by atoms with Gasteiger partial charge in [0.15, 0.2) is 0 Å². The Hall–Kier alpha value is -0.460. The fraction of sp³-hybridized carbons (Fsp3) is 0.438. The summed E-state index contributed by atoms with van der Waals surface area (Å²) in [6, 6.07) is 8.97. The fourth-order valence-corrected chi connectivity index (χ4v) is 3.91. The maximum Gasteiger partial charge on any atom is 0.0949 e. The highest BCUT2D eigenvalue weighted by Crippen LogP contribution is 2.26. The van der Waals surface area contributed by atoms with E-state index < -0.39 is 0 Å². The van der Waals surface area contributed by atoms with E-state index in [4.69, 9.17) is 0 Å². The van der Waals surface area contributed by atoms with Gasteiger partial charge in [0.1, 0.15) is 0 Å². The molecule has 1 N–H and O–H groups in total. The summed E-state index contributed by atoms with van der Waals surface area (Å²) in [5.41, 5.74) is 2.55. The molecule has 0 amide bonds. The van der Waals surface area contributed by atoms with Gasteiger partial charge in [0.2, 0.25) is 0 Å². The maximum absolute atomic E-state index is 4.69. The molecule has 1 aromatic heterocycles. The molecular formula is C16H21IN2S. The van der Waals surface area contributed by atoms with Crippen LogP contribution in [0.15, 0.2) is 24.3 Å². The van der Waals surface area contributed by atoms with Crippen LogP contribution in [0.1, 0.15) is 40.5 Å². The first-order chi connectivity index (χ1) is 9.61. The molecule has 1 heterocycles. The monoisotopic (exact) mass is 400 g/mol. The number of halogens is 1. The number of rotatable bonds is 6. The van der Waals surface area contributed by atoms with Gasteiger partial charge < -0.3 is 5.32 Å². The fourth-order valence-electron chi connectivity index (χ4n) is 2.17. The zero-order chi connectivity index (χ0) is 14.5. The summed E-state index contributed by atoms with van der Waals surface area (Å²) in [6.07, 6.45) is 2.12. The van der Waals surface area contributed by atoms with E-state index in [0.717, 1.165) is 19.4 Å². The van der Waals surface area contributed by atoms with Crippen molar-refractivity contribution in [2.24, 2.45) is 0 Å². The van der Waals surface area contributed by atoms with Gasteiger partial charge in [-0.15, -0.1) is 11.3 Å². The van der Waals surface area contributed by atoms with Gasteiger partial charge in [0, 0.05) is 20.9 Å². The normalized spacial score (nSPS) is 12.6. The van der Waals surface area contributed by atoms with Crippen LogP contribution in [0.25, 0.3) is 0 Å². The Kier molecular flexibility index (Phi) is 5.99. The SMILES string of the molecule is CCCNC(Cc1nc(C)c(C)s1)c1ccccc1I. The van der Waals surface area contributed by atoms with Gasteiger partial charge >= 0.3 is 0 Å². The van der Waals surface area contributed by atoms with Crippen LogP contribution in [0.2, 0.25) is 0 Å². The van der Waals surface area contributed by atoms with Crippen LogP contribution in [0.3, 0.4) is 0 Å². The molecule has 1 unspecified atom stereocenters. The Bertz CT molecular complexity index is 546. The summed E-state index contributed by atoms with van der Waals surface area (Å²) in [6.45, 7) is 7.49. The smallest absolute Gasteiger partial charge is 0.0949 e. The minimum atomic E-state index is 0.355. The zero-order valence-electron chi connectivity index (χ0n) is 12.2. The molecule has 0 spiro atoms. The molecule has 1 aromatic carbocycles. The van der Waals surface area contributed by atoms with Gasteiger partial charge in [-0.2, -0.15) is 0 Å². The van der Waals surface area contributed by atoms with Gasteiger partial charge in [-0.1, -0.05) is 25.1 Å². The molecule has 2 aromatic rings. The molecule has 2 rings (SSSR count). The number of hydrogen-bond acceptors (Lipinski definition) is 3. The van der Waals surface area contributed by atoms with E-state index in [1.54, 1.807) is 0 Å². The van der Waals surface area contributed by atoms with Crippen molar-refractivity contribution in [1.82, 2.24) is 10.3 Å². The molecule has 0 bridgehead atoms. The Morgan fingerprint density at radius 3 is 2.65 bits per heavy atom. The van der Waals surface area contributed by atoms with Crippen molar-refractivity contribution in [3.63, 3.8) is 0 Å². The van der Waals surface area contributed by atoms with Crippen LogP contribution in [0, 0.1) is 17.4 Å². The third kappa shape index (κ3) is 4.02. The second kappa shape index (κ2) is 7.52. The Morgan fingerprint density at radius 1 is 1.30 bits per heavy atom. The predicted molar refractivity (Wildman–Crippen MR) is 95.5 cm³/mol. The van der Waals surface area contributed by atoms with E-state index in [0.29, 0.717) is 6.04 Å². The number of thiazole rings is 1. The number of aromatic nitrogens is 1. The molecule has 0 saturated carbocycles. The lowest BCUT2D eigenvalue weighted by Gasteiger charge is -2.19. The van der Waals surface area contributed by atoms with Crippen molar-refractivity contribution >= 4 is 33.9 Å². The molecule has 0 aliphatic rings. The molecule has 0 aliphatic carbocycles. The average molecular weight is 400 g/mol. The lowest BCUT2D eigenvalue weighted by atomic mass is 10.0. The Balaban J connectivity index is 2.21. The minimum Gasteiger partial charge on any atom is -0.310 e. The van der Waals surface area contributed by atoms with Crippen molar-refractivity contribution in [3.05, 3.63) is 49.0 Å². The minimum absolute atomic E-state index is 0.355. The second-order valence-electron chi connectivity index (χ2n) is 4.98. The first kappa shape index (κ1) is 15.9. The van der Waals surface area contributed by atoms with Crippen molar-refractivity contribution in [1.29, 1.82) is 0 Å². The number of nitrogens with zero attached hydrogens (tertiary/aromatic N) is 1. The van der Waals surface area contributed by atoms with Gasteiger partial charge in [-0.05, 0) is 61.0 Å². The van der Waals surface area contributed by atoms with Gasteiger partial charge in [0.05, 0.1) is 10.7 Å². The van der Waals surface area contributed by atoms with E-state index in [-0.39, 0.29) is 0 Å². The maximum atomic E-state index is 4.69. The van der Waals surface area contributed by atoms with E-state index in [1.807, 2.05) is 11.3 Å². The summed E-state index contributed by atoms with van der Waals surface area (Å²) in [7, 11) is 0. The van der Waals surface area contributed by atoms with Crippen LogP contribution in [0.5, 0.6) is 0 Å². The highest BCUT2D eigenvalue weighted by atomic mass is 127. The summed E-state index contributed by atoms with van der Waals surface area (Å²) >= 11 is 4.25. The standard InChI is InChI=1S/C16H21IN2S/c1-4-9-18-15(13-7-5-6-8-14(13)17)10-16-19-11(2)12(3)20-16/h5-8,15,18H,4,9-10H2,1-3H3. The molecule has 108 valence electrons. The lowest BCUT2D eigenvalue weighted by molar-refractivity contribution is 0.526. The quantitative estimate of drug-likeness (QED) is 0.715. The Labute approximate surface area is 139 Å². The first-order valence-corrected chi connectivity index (χ1v) is 8.92. The first-order valence-electron chi connectivity index (χ1n) is 7.02. The van der Waals surface area contributed by atoms with Gasteiger partial charge in [0.25, 0.3) is 0 Å². The second-order valence-corrected chi connectivity index (χ2v) is 7.43. The van der Waals surface area contributed by atoms with Crippen LogP contribution in [-0.4, -0.2) is 11.5 Å². The number of aryl methyl sites for hydroxylation is 2. The molecule has 1 atom stereocenters. The van der Waals surface area contributed by atoms with Crippen molar-refractivity contribution in [2.75, 3.05) is 6.54 Å². The van der Waals surface area contributed by atoms with Crippen LogP contribution in [-0.2, 0) is 6.42 Å². The topological polar surface area (TPSA) is 24.9 Å². The van der Waals surface area contributed by atoms with Crippen molar-refractivity contribution < 1.29 is 0 Å². The highest BCUT2D eigenvalue weighted by Gasteiger charge is 2.16. The largest absolute Gasteiger partial charge is 0.310 e. The van der Waals surface area contributed by atoms with Crippen LogP contribution >= 0.6 is 33.9 Å². The van der Waals surface area contributed by atoms with Gasteiger partial charge in [-0.3, -0.25) is 0 Å². The number of nitrogens with one attached hydrogen (secondary N) is 1. The van der Waals surface area contributed by atoms with E-state index >= 15 is 0 Å². The average Bonchev–Trinajstić information content (AvgIpc) is 2.74. The number of hydrogen-bond donors (Lipinski definition) is 1. The third-order valence-electron chi connectivity index (χ3n) is 3.37. The molecule has 0 aliphatic heterocycles. The molecule has 0 fully saturated rings. The third-order valence-corrected chi connectivity index (χ3v) is 5.45. The van der Waals surface area contributed by atoms with E-state index in [9.17, 15) is 0 Å². The zero-order valence-corrected chi connectivity index (χ0v) is 15.2. The molecular weight excluding hydrogens is 379 g/mol. The van der Waals surface area contributed by atoms with Crippen LogP contribution < -0.4 is 5.32 Å². The van der Waals surface area contributed by atoms with Crippen LogP contribution in [0.4, 0.5) is 0 Å². The predicted octanol–water partition coefficient (Wildman–Crippen LogP) is 4.65. The van der Waals surface area contributed by atoms with Gasteiger partial charge in [-0.25, -0.2) is 4.98 Å².